The Morgan fingerprint density at radius 1 is 1.48 bits per heavy atom. The zero-order valence-corrected chi connectivity index (χ0v) is 11.4. The number of aliphatic carboxylic acids is 1. The molecule has 1 aliphatic heterocycles. The van der Waals surface area contributed by atoms with Crippen molar-refractivity contribution in [2.24, 2.45) is 5.41 Å². The molecule has 1 atom stereocenters. The Morgan fingerprint density at radius 3 is 2.62 bits per heavy atom. The van der Waals surface area contributed by atoms with Gasteiger partial charge in [0.1, 0.15) is 12.1 Å². The van der Waals surface area contributed by atoms with Gasteiger partial charge in [0.05, 0.1) is 12.7 Å². The van der Waals surface area contributed by atoms with Crippen molar-refractivity contribution in [2.45, 2.75) is 19.5 Å². The third kappa shape index (κ3) is 2.36. The summed E-state index contributed by atoms with van der Waals surface area (Å²) in [5, 5.41) is 9.03. The molecule has 0 radical (unpaired) electrons. The van der Waals surface area contributed by atoms with E-state index >= 15 is 0 Å². The number of rotatable bonds is 3. The second-order valence-electron chi connectivity index (χ2n) is 4.89. The van der Waals surface area contributed by atoms with Crippen LogP contribution >= 0.6 is 0 Å². The minimum Gasteiger partial charge on any atom is -0.481 e. The molecular weight excluding hydrogens is 291 g/mol. The molecule has 1 aromatic heterocycles. The zero-order chi connectivity index (χ0) is 15.8. The lowest BCUT2D eigenvalue weighted by molar-refractivity contribution is -0.225. The van der Waals surface area contributed by atoms with Crippen LogP contribution in [0, 0.1) is 12.3 Å². The monoisotopic (exact) mass is 305 g/mol. The number of nitrogens with zero attached hydrogens (tertiary/aromatic N) is 3. The predicted octanol–water partition coefficient (Wildman–Crippen LogP) is 1.64. The summed E-state index contributed by atoms with van der Waals surface area (Å²) in [5.74, 6) is -1.36. The van der Waals surface area contributed by atoms with Crippen molar-refractivity contribution in [3.8, 4) is 5.88 Å². The number of hydrogen-bond acceptors (Lipinski definition) is 5. The quantitative estimate of drug-likeness (QED) is 0.915. The molecule has 1 fully saturated rings. The third-order valence-electron chi connectivity index (χ3n) is 3.73. The van der Waals surface area contributed by atoms with Crippen LogP contribution in [0.25, 0.3) is 0 Å². The number of carbonyl (C=O) groups is 1. The maximum absolute atomic E-state index is 13.1. The Morgan fingerprint density at radius 2 is 2.14 bits per heavy atom. The summed E-state index contributed by atoms with van der Waals surface area (Å²) in [4.78, 5) is 20.3. The Balaban J connectivity index is 2.37. The van der Waals surface area contributed by atoms with Gasteiger partial charge in [0.2, 0.25) is 5.88 Å². The highest BCUT2D eigenvalue weighted by molar-refractivity contribution is 5.78. The van der Waals surface area contributed by atoms with Crippen LogP contribution < -0.4 is 9.64 Å². The highest BCUT2D eigenvalue weighted by Crippen LogP contribution is 2.47. The average molecular weight is 305 g/mol. The van der Waals surface area contributed by atoms with Crippen LogP contribution in [0.3, 0.4) is 0 Å². The molecule has 116 valence electrons. The van der Waals surface area contributed by atoms with Gasteiger partial charge in [0.25, 0.3) is 0 Å². The fraction of sp³-hybridized carbons (Fsp3) is 0.583. The van der Waals surface area contributed by atoms with Crippen LogP contribution in [-0.2, 0) is 4.79 Å². The number of ether oxygens (including phenoxy) is 1. The molecule has 0 aromatic carbocycles. The molecule has 2 rings (SSSR count). The van der Waals surface area contributed by atoms with Crippen LogP contribution in [-0.4, -0.2) is 47.4 Å². The Kier molecular flexibility index (Phi) is 3.68. The van der Waals surface area contributed by atoms with Crippen molar-refractivity contribution in [1.82, 2.24) is 9.97 Å². The molecule has 0 spiro atoms. The van der Waals surface area contributed by atoms with Gasteiger partial charge < -0.3 is 14.7 Å². The van der Waals surface area contributed by atoms with E-state index in [0.29, 0.717) is 5.56 Å². The van der Waals surface area contributed by atoms with E-state index < -0.39 is 30.5 Å². The van der Waals surface area contributed by atoms with Gasteiger partial charge in [-0.2, -0.15) is 13.2 Å². The van der Waals surface area contributed by atoms with Gasteiger partial charge in [0, 0.05) is 13.1 Å². The van der Waals surface area contributed by atoms with Crippen molar-refractivity contribution in [2.75, 3.05) is 25.1 Å². The van der Waals surface area contributed by atoms with E-state index in [1.807, 2.05) is 0 Å². The van der Waals surface area contributed by atoms with E-state index in [2.05, 4.69) is 9.97 Å². The molecule has 0 bridgehead atoms. The van der Waals surface area contributed by atoms with Gasteiger partial charge >= 0.3 is 12.1 Å². The van der Waals surface area contributed by atoms with Gasteiger partial charge in [0.15, 0.2) is 5.41 Å². The second-order valence-corrected chi connectivity index (χ2v) is 4.89. The van der Waals surface area contributed by atoms with Crippen LogP contribution in [0.4, 0.5) is 19.0 Å². The lowest BCUT2D eigenvalue weighted by atomic mass is 9.86. The third-order valence-corrected chi connectivity index (χ3v) is 3.73. The Hall–Kier alpha value is -2.06. The number of anilines is 1. The van der Waals surface area contributed by atoms with Crippen LogP contribution in [0.15, 0.2) is 6.33 Å². The molecule has 1 unspecified atom stereocenters. The smallest absolute Gasteiger partial charge is 0.406 e. The zero-order valence-electron chi connectivity index (χ0n) is 11.4. The fourth-order valence-corrected chi connectivity index (χ4v) is 2.47. The summed E-state index contributed by atoms with van der Waals surface area (Å²) < 4.78 is 44.4. The van der Waals surface area contributed by atoms with Crippen LogP contribution in [0.2, 0.25) is 0 Å². The first-order valence-corrected chi connectivity index (χ1v) is 6.13. The first-order chi connectivity index (χ1) is 9.73. The molecular formula is C12H14F3N3O3. The molecule has 9 heteroatoms. The molecule has 2 heterocycles. The Bertz CT molecular complexity index is 564. The number of carboxylic acids is 1. The summed E-state index contributed by atoms with van der Waals surface area (Å²) in [5.41, 5.74) is -2.29. The lowest BCUT2D eigenvalue weighted by Gasteiger charge is -2.27. The topological polar surface area (TPSA) is 75.6 Å². The molecule has 0 saturated carbocycles. The minimum absolute atomic E-state index is 0.0488. The Labute approximate surface area is 118 Å². The van der Waals surface area contributed by atoms with Gasteiger partial charge in [-0.05, 0) is 13.3 Å². The van der Waals surface area contributed by atoms with Crippen molar-refractivity contribution >= 4 is 11.8 Å². The van der Waals surface area contributed by atoms with Crippen molar-refractivity contribution < 1.29 is 27.8 Å². The summed E-state index contributed by atoms with van der Waals surface area (Å²) in [6, 6.07) is 0. The molecule has 1 aliphatic rings. The highest BCUT2D eigenvalue weighted by atomic mass is 19.4. The average Bonchev–Trinajstić information content (AvgIpc) is 2.85. The van der Waals surface area contributed by atoms with E-state index in [1.54, 1.807) is 6.92 Å². The molecule has 6 nitrogen and oxygen atoms in total. The molecule has 1 aromatic rings. The van der Waals surface area contributed by atoms with E-state index in [0.717, 1.165) is 0 Å². The van der Waals surface area contributed by atoms with Crippen molar-refractivity contribution in [1.29, 1.82) is 0 Å². The summed E-state index contributed by atoms with van der Waals surface area (Å²) in [7, 11) is 1.39. The van der Waals surface area contributed by atoms with E-state index in [-0.39, 0.29) is 18.2 Å². The second kappa shape index (κ2) is 5.05. The summed E-state index contributed by atoms with van der Waals surface area (Å²) in [6.45, 7) is 0.891. The molecule has 0 aliphatic carbocycles. The SMILES string of the molecule is COc1ncnc(N2CCC(C(=O)O)(C(F)(F)F)C2)c1C. The van der Waals surface area contributed by atoms with E-state index in [9.17, 15) is 18.0 Å². The minimum atomic E-state index is -4.82. The van der Waals surface area contributed by atoms with Gasteiger partial charge in [-0.15, -0.1) is 0 Å². The normalized spacial score (nSPS) is 22.4. The van der Waals surface area contributed by atoms with Gasteiger partial charge in [-0.1, -0.05) is 0 Å². The van der Waals surface area contributed by atoms with E-state index in [1.165, 1.54) is 18.3 Å². The largest absolute Gasteiger partial charge is 0.481 e. The van der Waals surface area contributed by atoms with E-state index in [4.69, 9.17) is 9.84 Å². The predicted molar refractivity (Wildman–Crippen MR) is 66.3 cm³/mol. The first-order valence-electron chi connectivity index (χ1n) is 6.13. The molecule has 21 heavy (non-hydrogen) atoms. The highest BCUT2D eigenvalue weighted by Gasteiger charge is 2.64. The fourth-order valence-electron chi connectivity index (χ4n) is 2.47. The first kappa shape index (κ1) is 15.3. The number of halogens is 3. The number of carboxylic acid groups (broad SMARTS) is 1. The number of aromatic nitrogens is 2. The van der Waals surface area contributed by atoms with Crippen molar-refractivity contribution in [3.63, 3.8) is 0 Å². The molecule has 1 N–H and O–H groups in total. The van der Waals surface area contributed by atoms with Crippen LogP contribution in [0.5, 0.6) is 5.88 Å². The molecule has 0 amide bonds. The number of alkyl halides is 3. The lowest BCUT2D eigenvalue weighted by Crippen LogP contribution is -2.47. The standard InChI is InChI=1S/C12H14F3N3O3/c1-7-8(16-6-17-9(7)21-2)18-4-3-11(5-18,10(19)20)12(13,14)15/h6H,3-5H2,1-2H3,(H,19,20). The van der Waals surface area contributed by atoms with Crippen LogP contribution in [0.1, 0.15) is 12.0 Å². The summed E-state index contributed by atoms with van der Waals surface area (Å²) in [6.07, 6.45) is -4.16. The van der Waals surface area contributed by atoms with Crippen molar-refractivity contribution in [3.05, 3.63) is 11.9 Å². The maximum Gasteiger partial charge on any atom is 0.406 e. The molecule has 1 saturated heterocycles. The maximum atomic E-state index is 13.1. The van der Waals surface area contributed by atoms with Gasteiger partial charge in [-0.3, -0.25) is 4.79 Å². The number of hydrogen-bond donors (Lipinski definition) is 1. The summed E-state index contributed by atoms with van der Waals surface area (Å²) >= 11 is 0. The number of methoxy groups -OCH3 is 1. The van der Waals surface area contributed by atoms with Gasteiger partial charge in [-0.25, -0.2) is 9.97 Å².